The van der Waals surface area contributed by atoms with Gasteiger partial charge < -0.3 is 14.8 Å². The number of hydrogen-bond acceptors (Lipinski definition) is 7. The Kier molecular flexibility index (Phi) is 6.61. The second kappa shape index (κ2) is 9.59. The smallest absolute Gasteiger partial charge is 0.280 e. The van der Waals surface area contributed by atoms with E-state index >= 15 is 0 Å². The van der Waals surface area contributed by atoms with Gasteiger partial charge in [-0.05, 0) is 49.2 Å². The molecule has 11 heteroatoms. The average Bonchev–Trinajstić information content (AvgIpc) is 3.07. The first-order valence-electron chi connectivity index (χ1n) is 10.5. The van der Waals surface area contributed by atoms with Gasteiger partial charge in [0, 0.05) is 24.9 Å². The number of fused-ring (bicyclic) bond motifs is 1. The third kappa shape index (κ3) is 5.15. The minimum absolute atomic E-state index is 0.0242. The van der Waals surface area contributed by atoms with Crippen molar-refractivity contribution in [3.8, 4) is 11.5 Å². The van der Waals surface area contributed by atoms with E-state index in [1.807, 2.05) is 0 Å². The van der Waals surface area contributed by atoms with Crippen molar-refractivity contribution >= 4 is 33.4 Å². The van der Waals surface area contributed by atoms with Gasteiger partial charge in [-0.1, -0.05) is 12.8 Å². The summed E-state index contributed by atoms with van der Waals surface area (Å²) in [6.07, 6.45) is 6.22. The Morgan fingerprint density at radius 2 is 1.67 bits per heavy atom. The molecule has 174 valence electrons. The first-order chi connectivity index (χ1) is 15.8. The Bertz CT molecular complexity index is 1190. The molecule has 0 bridgehead atoms. The van der Waals surface area contributed by atoms with E-state index in [1.54, 1.807) is 0 Å². The summed E-state index contributed by atoms with van der Waals surface area (Å²) in [5.41, 5.74) is 0.379. The van der Waals surface area contributed by atoms with Gasteiger partial charge in [-0.2, -0.15) is 4.31 Å². The van der Waals surface area contributed by atoms with Crippen LogP contribution in [0.25, 0.3) is 6.08 Å². The molecule has 0 aromatic heterocycles. The molecule has 0 atom stereocenters. The highest BCUT2D eigenvalue weighted by Crippen LogP contribution is 2.38. The zero-order chi connectivity index (χ0) is 23.4. The van der Waals surface area contributed by atoms with E-state index in [0.717, 1.165) is 31.8 Å². The number of benzene rings is 2. The molecule has 4 rings (SSSR count). The molecular weight excluding hydrogens is 450 g/mol. The molecule has 1 fully saturated rings. The average molecular weight is 474 g/mol. The number of sulfonamides is 1. The summed E-state index contributed by atoms with van der Waals surface area (Å²) >= 11 is 0. The summed E-state index contributed by atoms with van der Waals surface area (Å²) in [7, 11) is -3.57. The van der Waals surface area contributed by atoms with Gasteiger partial charge in [0.15, 0.2) is 11.5 Å². The lowest BCUT2D eigenvalue weighted by Crippen LogP contribution is -2.31. The standard InChI is InChI=1S/C22H23N3O7S/c26-22(10-5-16-13-20-21(32-15-31-20)14-19(16)25(27)28)23-17-6-8-18(9-7-17)33(29,30)24-11-3-1-2-4-12-24/h5-10,13-14H,1-4,11-12,15H2,(H,23,26)/b10-5+. The molecule has 0 unspecified atom stereocenters. The van der Waals surface area contributed by atoms with E-state index in [1.165, 1.54) is 46.8 Å². The minimum atomic E-state index is -3.57. The fourth-order valence-electron chi connectivity index (χ4n) is 3.73. The SMILES string of the molecule is O=C(/C=C/c1cc2c(cc1[N+](=O)[O-])OCO2)Nc1ccc(S(=O)(=O)N2CCCCCC2)cc1. The topological polar surface area (TPSA) is 128 Å². The number of hydrogen-bond donors (Lipinski definition) is 1. The predicted octanol–water partition coefficient (Wildman–Crippen LogP) is 3.54. The second-order valence-corrected chi connectivity index (χ2v) is 9.62. The van der Waals surface area contributed by atoms with Crippen molar-refractivity contribution in [2.45, 2.75) is 30.6 Å². The lowest BCUT2D eigenvalue weighted by atomic mass is 10.1. The highest BCUT2D eigenvalue weighted by Gasteiger charge is 2.25. The van der Waals surface area contributed by atoms with E-state index in [4.69, 9.17) is 9.47 Å². The molecule has 2 aromatic rings. The van der Waals surface area contributed by atoms with Crippen LogP contribution in [-0.4, -0.2) is 43.4 Å². The fraction of sp³-hybridized carbons (Fsp3) is 0.318. The van der Waals surface area contributed by atoms with E-state index in [-0.39, 0.29) is 28.7 Å². The van der Waals surface area contributed by atoms with E-state index in [2.05, 4.69) is 5.32 Å². The van der Waals surface area contributed by atoms with Crippen LogP contribution in [0.5, 0.6) is 11.5 Å². The number of nitrogens with one attached hydrogen (secondary N) is 1. The van der Waals surface area contributed by atoms with Gasteiger partial charge in [0.05, 0.1) is 21.4 Å². The number of carbonyl (C=O) groups is 1. The Morgan fingerprint density at radius 1 is 1.03 bits per heavy atom. The lowest BCUT2D eigenvalue weighted by Gasteiger charge is -2.20. The normalized spacial score (nSPS) is 16.5. The van der Waals surface area contributed by atoms with Crippen molar-refractivity contribution in [1.82, 2.24) is 4.31 Å². The Morgan fingerprint density at radius 3 is 2.30 bits per heavy atom. The summed E-state index contributed by atoms with van der Waals surface area (Å²) in [4.78, 5) is 23.3. The van der Waals surface area contributed by atoms with Crippen LogP contribution in [0, 0.1) is 10.1 Å². The van der Waals surface area contributed by atoms with Crippen LogP contribution in [0.1, 0.15) is 31.2 Å². The van der Waals surface area contributed by atoms with Gasteiger partial charge in [-0.15, -0.1) is 0 Å². The zero-order valence-corrected chi connectivity index (χ0v) is 18.5. The van der Waals surface area contributed by atoms with Gasteiger partial charge >= 0.3 is 0 Å². The van der Waals surface area contributed by atoms with Gasteiger partial charge in [0.2, 0.25) is 22.7 Å². The largest absolute Gasteiger partial charge is 0.454 e. The zero-order valence-electron chi connectivity index (χ0n) is 17.7. The maximum atomic E-state index is 12.9. The van der Waals surface area contributed by atoms with Crippen molar-refractivity contribution in [3.05, 3.63) is 58.2 Å². The Labute approximate surface area is 191 Å². The third-order valence-electron chi connectivity index (χ3n) is 5.46. The van der Waals surface area contributed by atoms with Gasteiger partial charge in [0.25, 0.3) is 5.69 Å². The first kappa shape index (κ1) is 22.7. The molecular formula is C22H23N3O7S. The molecule has 0 spiro atoms. The van der Waals surface area contributed by atoms with Gasteiger partial charge in [0.1, 0.15) is 0 Å². The summed E-state index contributed by atoms with van der Waals surface area (Å²) < 4.78 is 37.6. The van der Waals surface area contributed by atoms with Crippen LogP contribution in [0.4, 0.5) is 11.4 Å². The maximum Gasteiger partial charge on any atom is 0.280 e. The highest BCUT2D eigenvalue weighted by atomic mass is 32.2. The number of amides is 1. The lowest BCUT2D eigenvalue weighted by molar-refractivity contribution is -0.385. The molecule has 2 aliphatic rings. The van der Waals surface area contributed by atoms with Crippen LogP contribution in [-0.2, 0) is 14.8 Å². The third-order valence-corrected chi connectivity index (χ3v) is 7.37. The summed E-state index contributed by atoms with van der Waals surface area (Å²) in [5, 5.41) is 13.9. The van der Waals surface area contributed by atoms with Gasteiger partial charge in [-0.25, -0.2) is 8.42 Å². The van der Waals surface area contributed by atoms with Gasteiger partial charge in [-0.3, -0.25) is 14.9 Å². The maximum absolute atomic E-state index is 12.9. The minimum Gasteiger partial charge on any atom is -0.454 e. The van der Waals surface area contributed by atoms with Crippen LogP contribution < -0.4 is 14.8 Å². The quantitative estimate of drug-likeness (QED) is 0.386. The summed E-state index contributed by atoms with van der Waals surface area (Å²) in [6.45, 7) is 0.999. The Hall–Kier alpha value is -3.44. The molecule has 2 aliphatic heterocycles. The molecule has 2 aromatic carbocycles. The van der Waals surface area contributed by atoms with E-state index < -0.39 is 20.9 Å². The predicted molar refractivity (Wildman–Crippen MR) is 121 cm³/mol. The number of nitro groups is 1. The first-order valence-corrected chi connectivity index (χ1v) is 12.0. The molecule has 0 aliphatic carbocycles. The summed E-state index contributed by atoms with van der Waals surface area (Å²) in [5.74, 6) is 0.116. The van der Waals surface area contributed by atoms with Crippen molar-refractivity contribution in [1.29, 1.82) is 0 Å². The molecule has 33 heavy (non-hydrogen) atoms. The number of carbonyl (C=O) groups excluding carboxylic acids is 1. The number of rotatable bonds is 6. The number of nitrogens with zero attached hydrogens (tertiary/aromatic N) is 2. The monoisotopic (exact) mass is 473 g/mol. The van der Waals surface area contributed by atoms with E-state index in [0.29, 0.717) is 24.5 Å². The molecule has 10 nitrogen and oxygen atoms in total. The summed E-state index contributed by atoms with van der Waals surface area (Å²) in [6, 6.07) is 8.64. The van der Waals surface area contributed by atoms with Crippen LogP contribution in [0.3, 0.4) is 0 Å². The van der Waals surface area contributed by atoms with Crippen LogP contribution in [0.15, 0.2) is 47.4 Å². The molecule has 0 radical (unpaired) electrons. The van der Waals surface area contributed by atoms with Crippen molar-refractivity contribution < 1.29 is 27.6 Å². The molecule has 1 amide bonds. The number of anilines is 1. The molecule has 2 heterocycles. The van der Waals surface area contributed by atoms with Crippen LogP contribution >= 0.6 is 0 Å². The van der Waals surface area contributed by atoms with Crippen molar-refractivity contribution in [2.24, 2.45) is 0 Å². The Balaban J connectivity index is 1.44. The number of ether oxygens (including phenoxy) is 2. The molecule has 0 saturated carbocycles. The highest BCUT2D eigenvalue weighted by molar-refractivity contribution is 7.89. The molecule has 1 saturated heterocycles. The van der Waals surface area contributed by atoms with Crippen molar-refractivity contribution in [3.63, 3.8) is 0 Å². The van der Waals surface area contributed by atoms with Crippen LogP contribution in [0.2, 0.25) is 0 Å². The fourth-order valence-corrected chi connectivity index (χ4v) is 5.25. The second-order valence-electron chi connectivity index (χ2n) is 7.69. The number of nitro benzene ring substituents is 1. The van der Waals surface area contributed by atoms with Crippen molar-refractivity contribution in [2.75, 3.05) is 25.2 Å². The van der Waals surface area contributed by atoms with E-state index in [9.17, 15) is 23.3 Å². The molecule has 1 N–H and O–H groups in total.